The number of hydrogen-bond donors (Lipinski definition) is 1. The van der Waals surface area contributed by atoms with Crippen LogP contribution in [0, 0.1) is 25.2 Å². The highest BCUT2D eigenvalue weighted by molar-refractivity contribution is 5.71. The fourth-order valence-electron chi connectivity index (χ4n) is 1.92. The molecule has 0 aliphatic carbocycles. The van der Waals surface area contributed by atoms with Crippen LogP contribution in [0.2, 0.25) is 0 Å². The number of nitrogens with zero attached hydrogens (tertiary/aromatic N) is 1. The molecule has 0 fully saturated rings. The van der Waals surface area contributed by atoms with E-state index in [4.69, 9.17) is 10.00 Å². The number of benzene rings is 2. The van der Waals surface area contributed by atoms with Crippen LogP contribution in [0.25, 0.3) is 0 Å². The molecular weight excluding hydrogens is 236 g/mol. The van der Waals surface area contributed by atoms with E-state index in [-0.39, 0.29) is 0 Å². The lowest BCUT2D eigenvalue weighted by atomic mass is 10.1. The Morgan fingerprint density at radius 2 is 1.63 bits per heavy atom. The summed E-state index contributed by atoms with van der Waals surface area (Å²) in [5.74, 6) is 0.760. The number of rotatable bonds is 3. The van der Waals surface area contributed by atoms with E-state index in [1.54, 1.807) is 7.11 Å². The number of methoxy groups -OCH3 is 1. The van der Waals surface area contributed by atoms with E-state index in [0.717, 1.165) is 28.3 Å². The Hall–Kier alpha value is -2.47. The van der Waals surface area contributed by atoms with Crippen molar-refractivity contribution >= 4 is 11.4 Å². The molecule has 0 bridgehead atoms. The van der Waals surface area contributed by atoms with Crippen molar-refractivity contribution in [2.24, 2.45) is 0 Å². The minimum Gasteiger partial charge on any atom is -0.495 e. The van der Waals surface area contributed by atoms with Gasteiger partial charge in [0, 0.05) is 0 Å². The summed E-state index contributed by atoms with van der Waals surface area (Å²) in [6.07, 6.45) is 0. The van der Waals surface area contributed by atoms with E-state index in [2.05, 4.69) is 11.4 Å². The third-order valence-electron chi connectivity index (χ3n) is 2.92. The van der Waals surface area contributed by atoms with Gasteiger partial charge in [0.1, 0.15) is 11.8 Å². The Morgan fingerprint density at radius 3 is 2.26 bits per heavy atom. The summed E-state index contributed by atoms with van der Waals surface area (Å²) in [6, 6.07) is 13.8. The molecule has 0 heterocycles. The van der Waals surface area contributed by atoms with Gasteiger partial charge in [-0.05, 0) is 49.2 Å². The average Bonchev–Trinajstić information content (AvgIpc) is 2.39. The predicted octanol–water partition coefficient (Wildman–Crippen LogP) is 3.93. The second-order valence-corrected chi connectivity index (χ2v) is 4.49. The fourth-order valence-corrected chi connectivity index (χ4v) is 1.92. The van der Waals surface area contributed by atoms with Gasteiger partial charge < -0.3 is 10.1 Å². The predicted molar refractivity (Wildman–Crippen MR) is 76.9 cm³/mol. The van der Waals surface area contributed by atoms with Gasteiger partial charge in [0.25, 0.3) is 0 Å². The Bertz CT molecular complexity index is 642. The van der Waals surface area contributed by atoms with Crippen LogP contribution in [0.4, 0.5) is 11.4 Å². The first kappa shape index (κ1) is 13.0. The highest BCUT2D eigenvalue weighted by atomic mass is 16.5. The zero-order valence-corrected chi connectivity index (χ0v) is 11.3. The first-order valence-corrected chi connectivity index (χ1v) is 6.06. The number of nitriles is 1. The van der Waals surface area contributed by atoms with Gasteiger partial charge in [0.05, 0.1) is 24.0 Å². The lowest BCUT2D eigenvalue weighted by molar-refractivity contribution is 0.416. The molecule has 0 radical (unpaired) electrons. The van der Waals surface area contributed by atoms with Crippen LogP contribution in [0.15, 0.2) is 36.4 Å². The standard InChI is InChI=1S/C16H16N2O/c1-11-4-6-13(10-17)14(8-11)18-15-9-12(2)5-7-16(15)19-3/h4-9,18H,1-3H3. The molecule has 0 amide bonds. The van der Waals surface area contributed by atoms with Crippen molar-refractivity contribution in [3.8, 4) is 11.8 Å². The van der Waals surface area contributed by atoms with Gasteiger partial charge >= 0.3 is 0 Å². The van der Waals surface area contributed by atoms with Gasteiger partial charge in [0.15, 0.2) is 0 Å². The van der Waals surface area contributed by atoms with Crippen LogP contribution in [-0.2, 0) is 0 Å². The van der Waals surface area contributed by atoms with Crippen LogP contribution in [0.1, 0.15) is 16.7 Å². The molecule has 96 valence electrons. The molecule has 0 atom stereocenters. The molecule has 3 nitrogen and oxygen atoms in total. The maximum absolute atomic E-state index is 9.15. The Kier molecular flexibility index (Phi) is 3.72. The summed E-state index contributed by atoms with van der Waals surface area (Å²) in [7, 11) is 1.64. The molecule has 2 aromatic carbocycles. The molecule has 0 aliphatic rings. The maximum atomic E-state index is 9.15. The van der Waals surface area contributed by atoms with Crippen molar-refractivity contribution in [1.29, 1.82) is 5.26 Å². The highest BCUT2D eigenvalue weighted by Crippen LogP contribution is 2.30. The van der Waals surface area contributed by atoms with E-state index in [0.29, 0.717) is 5.56 Å². The number of anilines is 2. The van der Waals surface area contributed by atoms with Gasteiger partial charge in [-0.25, -0.2) is 0 Å². The fraction of sp³-hybridized carbons (Fsp3) is 0.188. The number of hydrogen-bond acceptors (Lipinski definition) is 3. The topological polar surface area (TPSA) is 45.0 Å². The molecular formula is C16H16N2O. The third-order valence-corrected chi connectivity index (χ3v) is 2.92. The highest BCUT2D eigenvalue weighted by Gasteiger charge is 2.07. The largest absolute Gasteiger partial charge is 0.495 e. The van der Waals surface area contributed by atoms with E-state index in [9.17, 15) is 0 Å². The first-order chi connectivity index (χ1) is 9.13. The van der Waals surface area contributed by atoms with Gasteiger partial charge in [-0.1, -0.05) is 12.1 Å². The van der Waals surface area contributed by atoms with Gasteiger partial charge in [-0.2, -0.15) is 5.26 Å². The zero-order chi connectivity index (χ0) is 13.8. The summed E-state index contributed by atoms with van der Waals surface area (Å²) in [5, 5.41) is 12.4. The quantitative estimate of drug-likeness (QED) is 0.900. The molecule has 0 unspecified atom stereocenters. The first-order valence-electron chi connectivity index (χ1n) is 6.06. The molecule has 0 aliphatic heterocycles. The molecule has 2 aromatic rings. The second-order valence-electron chi connectivity index (χ2n) is 4.49. The van der Waals surface area contributed by atoms with E-state index in [1.165, 1.54) is 0 Å². The molecule has 3 heteroatoms. The van der Waals surface area contributed by atoms with Crippen molar-refractivity contribution in [1.82, 2.24) is 0 Å². The zero-order valence-electron chi connectivity index (χ0n) is 11.3. The normalized spacial score (nSPS) is 9.79. The summed E-state index contributed by atoms with van der Waals surface area (Å²) in [6.45, 7) is 4.02. The van der Waals surface area contributed by atoms with E-state index < -0.39 is 0 Å². The number of aryl methyl sites for hydroxylation is 2. The minimum atomic E-state index is 0.620. The second kappa shape index (κ2) is 5.45. The number of nitrogens with one attached hydrogen (secondary N) is 1. The van der Waals surface area contributed by atoms with Crippen molar-refractivity contribution in [2.75, 3.05) is 12.4 Å². The van der Waals surface area contributed by atoms with Gasteiger partial charge in [-0.3, -0.25) is 0 Å². The van der Waals surface area contributed by atoms with Crippen LogP contribution in [0.5, 0.6) is 5.75 Å². The average molecular weight is 252 g/mol. The Balaban J connectivity index is 2.44. The van der Waals surface area contributed by atoms with E-state index >= 15 is 0 Å². The lowest BCUT2D eigenvalue weighted by Gasteiger charge is -2.13. The summed E-state index contributed by atoms with van der Waals surface area (Å²) >= 11 is 0. The Morgan fingerprint density at radius 1 is 1.00 bits per heavy atom. The maximum Gasteiger partial charge on any atom is 0.142 e. The SMILES string of the molecule is COc1ccc(C)cc1Nc1cc(C)ccc1C#N. The van der Waals surface area contributed by atoms with Crippen molar-refractivity contribution in [3.05, 3.63) is 53.1 Å². The van der Waals surface area contributed by atoms with Crippen LogP contribution in [-0.4, -0.2) is 7.11 Å². The van der Waals surface area contributed by atoms with Crippen molar-refractivity contribution < 1.29 is 4.74 Å². The summed E-state index contributed by atoms with van der Waals surface area (Å²) < 4.78 is 5.33. The van der Waals surface area contributed by atoms with Gasteiger partial charge in [-0.15, -0.1) is 0 Å². The molecule has 0 aromatic heterocycles. The molecule has 19 heavy (non-hydrogen) atoms. The van der Waals surface area contributed by atoms with Crippen LogP contribution in [0.3, 0.4) is 0 Å². The van der Waals surface area contributed by atoms with Crippen molar-refractivity contribution in [3.63, 3.8) is 0 Å². The Labute approximate surface area is 113 Å². The van der Waals surface area contributed by atoms with Crippen molar-refractivity contribution in [2.45, 2.75) is 13.8 Å². The lowest BCUT2D eigenvalue weighted by Crippen LogP contribution is -1.97. The monoisotopic (exact) mass is 252 g/mol. The minimum absolute atomic E-state index is 0.620. The number of ether oxygens (including phenoxy) is 1. The summed E-state index contributed by atoms with van der Waals surface area (Å²) in [4.78, 5) is 0. The summed E-state index contributed by atoms with van der Waals surface area (Å²) in [5.41, 5.74) is 4.52. The molecule has 2 rings (SSSR count). The van der Waals surface area contributed by atoms with E-state index in [1.807, 2.05) is 50.2 Å². The van der Waals surface area contributed by atoms with Crippen LogP contribution >= 0.6 is 0 Å². The molecule has 0 saturated heterocycles. The third kappa shape index (κ3) is 2.86. The molecule has 0 saturated carbocycles. The van der Waals surface area contributed by atoms with Crippen LogP contribution < -0.4 is 10.1 Å². The smallest absolute Gasteiger partial charge is 0.142 e. The molecule has 0 spiro atoms. The van der Waals surface area contributed by atoms with Gasteiger partial charge in [0.2, 0.25) is 0 Å². The molecule has 1 N–H and O–H groups in total.